The molecule has 0 saturated carbocycles. The number of fused-ring (bicyclic) bond motifs is 2. The minimum absolute atomic E-state index is 0.160. The zero-order valence-corrected chi connectivity index (χ0v) is 15.4. The Morgan fingerprint density at radius 3 is 2.77 bits per heavy atom. The molecule has 0 aliphatic carbocycles. The van der Waals surface area contributed by atoms with Crippen molar-refractivity contribution in [2.45, 2.75) is 37.8 Å². The minimum Gasteiger partial charge on any atom is -0.316 e. The van der Waals surface area contributed by atoms with Gasteiger partial charge in [0.2, 0.25) is 0 Å². The molecule has 0 aromatic carbocycles. The Balaban J connectivity index is 1.67. The summed E-state index contributed by atoms with van der Waals surface area (Å²) in [6.45, 7) is 2.36. The van der Waals surface area contributed by atoms with Gasteiger partial charge in [-0.25, -0.2) is 9.86 Å². The predicted molar refractivity (Wildman–Crippen MR) is 87.7 cm³/mol. The molecule has 2 N–H and O–H groups in total. The van der Waals surface area contributed by atoms with Crippen LogP contribution in [0.4, 0.5) is 4.79 Å². The lowest BCUT2D eigenvalue weighted by Crippen LogP contribution is -2.52. The summed E-state index contributed by atoms with van der Waals surface area (Å²) in [5, 5.41) is 5.19. The largest absolute Gasteiger partial charge is 0.418 e. The van der Waals surface area contributed by atoms with E-state index in [1.807, 2.05) is 0 Å². The first-order chi connectivity index (χ1) is 12.3. The standard InChI is InChI=1S/C14H24N4O7S/c1-24-17(8-10-3-2-6-15-7-10)13(19)12-5-4-11-9-16(12)14(20)18(11)25-26(21,22)23/h10-12,15H,2-9H2,1H3,(H,21,22,23)/t10?,11-,12+/m1/s1. The van der Waals surface area contributed by atoms with Crippen LogP contribution in [0.15, 0.2) is 0 Å². The fraction of sp³-hybridized carbons (Fsp3) is 0.857. The van der Waals surface area contributed by atoms with Crippen molar-refractivity contribution in [3.8, 4) is 0 Å². The molecule has 3 amide bonds. The van der Waals surface area contributed by atoms with Crippen LogP contribution in [0, 0.1) is 5.92 Å². The van der Waals surface area contributed by atoms with Crippen LogP contribution in [-0.2, 0) is 24.3 Å². The lowest BCUT2D eigenvalue weighted by atomic mass is 9.98. The van der Waals surface area contributed by atoms with Gasteiger partial charge in [0.05, 0.1) is 19.7 Å². The minimum atomic E-state index is -4.81. The van der Waals surface area contributed by atoms with Crippen LogP contribution in [0.25, 0.3) is 0 Å². The third kappa shape index (κ3) is 4.09. The lowest BCUT2D eigenvalue weighted by molar-refractivity contribution is -0.184. The molecule has 0 spiro atoms. The fourth-order valence-corrected chi connectivity index (χ4v) is 4.21. The van der Waals surface area contributed by atoms with Gasteiger partial charge in [0.15, 0.2) is 0 Å². The van der Waals surface area contributed by atoms with Crippen LogP contribution < -0.4 is 5.32 Å². The van der Waals surface area contributed by atoms with Crippen molar-refractivity contribution in [3.05, 3.63) is 0 Å². The fourth-order valence-electron chi connectivity index (χ4n) is 3.82. The number of rotatable bonds is 6. The second-order valence-electron chi connectivity index (χ2n) is 6.80. The van der Waals surface area contributed by atoms with E-state index in [4.69, 9.17) is 9.39 Å². The van der Waals surface area contributed by atoms with E-state index in [0.29, 0.717) is 24.4 Å². The molecule has 0 radical (unpaired) electrons. The molecule has 11 nitrogen and oxygen atoms in total. The van der Waals surface area contributed by atoms with Gasteiger partial charge in [-0.15, -0.1) is 4.28 Å². The average molecular weight is 392 g/mol. The normalized spacial score (nSPS) is 29.2. The summed E-state index contributed by atoms with van der Waals surface area (Å²) >= 11 is 0. The first-order valence-electron chi connectivity index (χ1n) is 8.63. The molecule has 3 saturated heterocycles. The Hall–Kier alpha value is -1.47. The molecule has 26 heavy (non-hydrogen) atoms. The van der Waals surface area contributed by atoms with Gasteiger partial charge in [-0.2, -0.15) is 13.5 Å². The summed E-state index contributed by atoms with van der Waals surface area (Å²) in [5.74, 6) is -0.0591. The number of carbonyl (C=O) groups excluding carboxylic acids is 2. The maximum absolute atomic E-state index is 12.9. The summed E-state index contributed by atoms with van der Waals surface area (Å²) in [5.41, 5.74) is 0. The number of piperidine rings is 2. The Bertz CT molecular complexity index is 652. The van der Waals surface area contributed by atoms with Crippen LogP contribution in [0.5, 0.6) is 0 Å². The molecule has 0 aromatic heterocycles. The molecule has 1 unspecified atom stereocenters. The Labute approximate surface area is 152 Å². The number of hydrogen-bond acceptors (Lipinski definition) is 7. The molecule has 148 valence electrons. The highest BCUT2D eigenvalue weighted by Crippen LogP contribution is 2.31. The van der Waals surface area contributed by atoms with Gasteiger partial charge < -0.3 is 10.2 Å². The summed E-state index contributed by atoms with van der Waals surface area (Å²) in [4.78, 5) is 31.8. The third-order valence-electron chi connectivity index (χ3n) is 5.07. The van der Waals surface area contributed by atoms with Gasteiger partial charge in [-0.05, 0) is 44.7 Å². The molecule has 2 bridgehead atoms. The molecule has 0 aromatic rings. The van der Waals surface area contributed by atoms with Gasteiger partial charge in [-0.3, -0.25) is 14.2 Å². The van der Waals surface area contributed by atoms with Crippen molar-refractivity contribution in [1.82, 2.24) is 20.3 Å². The number of nitrogens with zero attached hydrogens (tertiary/aromatic N) is 3. The Kier molecular flexibility index (Phi) is 5.67. The second-order valence-corrected chi connectivity index (χ2v) is 7.81. The Morgan fingerprint density at radius 1 is 1.38 bits per heavy atom. The van der Waals surface area contributed by atoms with E-state index in [-0.39, 0.29) is 18.4 Å². The molecule has 3 aliphatic rings. The van der Waals surface area contributed by atoms with Crippen LogP contribution >= 0.6 is 0 Å². The summed E-state index contributed by atoms with van der Waals surface area (Å²) < 4.78 is 35.1. The maximum Gasteiger partial charge on any atom is 0.418 e. The highest BCUT2D eigenvalue weighted by Gasteiger charge is 2.50. The van der Waals surface area contributed by atoms with Crippen LogP contribution in [0.1, 0.15) is 25.7 Å². The lowest BCUT2D eigenvalue weighted by Gasteiger charge is -2.34. The second kappa shape index (κ2) is 7.64. The van der Waals surface area contributed by atoms with Crippen LogP contribution in [0.3, 0.4) is 0 Å². The zero-order chi connectivity index (χ0) is 18.9. The molecule has 12 heteroatoms. The zero-order valence-electron chi connectivity index (χ0n) is 14.5. The number of amides is 3. The van der Waals surface area contributed by atoms with Gasteiger partial charge in [0.25, 0.3) is 5.91 Å². The van der Waals surface area contributed by atoms with Crippen molar-refractivity contribution < 1.29 is 31.7 Å². The van der Waals surface area contributed by atoms with E-state index < -0.39 is 28.5 Å². The first-order valence-corrected chi connectivity index (χ1v) is 9.99. The molecular formula is C14H24N4O7S. The number of nitrogens with one attached hydrogen (secondary N) is 1. The van der Waals surface area contributed by atoms with E-state index in [2.05, 4.69) is 9.60 Å². The molecule has 3 rings (SSSR count). The number of urea groups is 1. The quantitative estimate of drug-likeness (QED) is 0.452. The highest BCUT2D eigenvalue weighted by molar-refractivity contribution is 7.80. The predicted octanol–water partition coefficient (Wildman–Crippen LogP) is -0.621. The summed E-state index contributed by atoms with van der Waals surface area (Å²) in [6.07, 6.45) is 2.78. The number of hydrogen-bond donors (Lipinski definition) is 2. The summed E-state index contributed by atoms with van der Waals surface area (Å²) in [6, 6.07) is -2.02. The molecule has 3 heterocycles. The topological polar surface area (TPSA) is 129 Å². The third-order valence-corrected chi connectivity index (χ3v) is 5.42. The van der Waals surface area contributed by atoms with E-state index in [1.165, 1.54) is 17.1 Å². The monoisotopic (exact) mass is 392 g/mol. The number of carbonyl (C=O) groups is 2. The highest BCUT2D eigenvalue weighted by atomic mass is 32.3. The van der Waals surface area contributed by atoms with Crippen LogP contribution in [-0.4, -0.2) is 85.3 Å². The van der Waals surface area contributed by atoms with Crippen molar-refractivity contribution in [2.24, 2.45) is 5.92 Å². The smallest absolute Gasteiger partial charge is 0.316 e. The van der Waals surface area contributed by atoms with E-state index in [9.17, 15) is 18.0 Å². The van der Waals surface area contributed by atoms with Crippen molar-refractivity contribution in [3.63, 3.8) is 0 Å². The number of hydroxylamine groups is 4. The molecule has 3 fully saturated rings. The van der Waals surface area contributed by atoms with Gasteiger partial charge >= 0.3 is 16.4 Å². The van der Waals surface area contributed by atoms with Crippen molar-refractivity contribution in [1.29, 1.82) is 0 Å². The van der Waals surface area contributed by atoms with Gasteiger partial charge in [-0.1, -0.05) is 0 Å². The van der Waals surface area contributed by atoms with E-state index in [0.717, 1.165) is 25.9 Å². The molecular weight excluding hydrogens is 368 g/mol. The van der Waals surface area contributed by atoms with Gasteiger partial charge in [0.1, 0.15) is 6.04 Å². The van der Waals surface area contributed by atoms with E-state index in [1.54, 1.807) is 0 Å². The molecule has 3 aliphatic heterocycles. The van der Waals surface area contributed by atoms with Crippen molar-refractivity contribution in [2.75, 3.05) is 33.3 Å². The Morgan fingerprint density at radius 2 is 2.15 bits per heavy atom. The van der Waals surface area contributed by atoms with Gasteiger partial charge in [0, 0.05) is 6.54 Å². The first kappa shape index (κ1) is 19.3. The van der Waals surface area contributed by atoms with Crippen molar-refractivity contribution >= 4 is 22.3 Å². The van der Waals surface area contributed by atoms with Crippen LogP contribution in [0.2, 0.25) is 0 Å². The summed E-state index contributed by atoms with van der Waals surface area (Å²) in [7, 11) is -3.39. The van der Waals surface area contributed by atoms with E-state index >= 15 is 0 Å². The molecule has 3 atom stereocenters. The average Bonchev–Trinajstić information content (AvgIpc) is 2.84. The maximum atomic E-state index is 12.9. The SMILES string of the molecule is CON(CC1CCCNC1)C(=O)[C@@H]1CC[C@@H]2CN1C(=O)N2OS(=O)(=O)O.